The number of carbonyl (C=O) groups is 1. The van der Waals surface area contributed by atoms with Crippen molar-refractivity contribution >= 4 is 17.5 Å². The third-order valence-corrected chi connectivity index (χ3v) is 4.33. The third-order valence-electron chi connectivity index (χ3n) is 4.33. The Morgan fingerprint density at radius 3 is 2.50 bits per heavy atom. The lowest BCUT2D eigenvalue weighted by atomic mass is 10.1. The Morgan fingerprint density at radius 2 is 1.83 bits per heavy atom. The fourth-order valence-corrected chi connectivity index (χ4v) is 2.70. The molecule has 0 bridgehead atoms. The van der Waals surface area contributed by atoms with Crippen LogP contribution in [0.2, 0.25) is 0 Å². The van der Waals surface area contributed by atoms with Gasteiger partial charge in [-0.05, 0) is 42.8 Å². The lowest BCUT2D eigenvalue weighted by molar-refractivity contribution is -0.137. The van der Waals surface area contributed by atoms with E-state index in [9.17, 15) is 18.0 Å². The molecule has 0 fully saturated rings. The molecule has 0 unspecified atom stereocenters. The zero-order valence-electron chi connectivity index (χ0n) is 16.0. The molecular weight excluding hydrogens is 401 g/mol. The van der Waals surface area contributed by atoms with Crippen molar-refractivity contribution in [1.29, 1.82) is 0 Å². The third kappa shape index (κ3) is 5.28. The molecule has 7 nitrogen and oxygen atoms in total. The number of alkyl halides is 3. The zero-order chi connectivity index (χ0) is 21.7. The first-order chi connectivity index (χ1) is 14.2. The van der Waals surface area contributed by atoms with E-state index in [4.69, 9.17) is 9.52 Å². The minimum Gasteiger partial charge on any atom is -0.465 e. The maximum Gasteiger partial charge on any atom is 0.416 e. The highest BCUT2D eigenvalue weighted by Crippen LogP contribution is 2.32. The summed E-state index contributed by atoms with van der Waals surface area (Å²) in [6.45, 7) is 0.332. The van der Waals surface area contributed by atoms with Gasteiger partial charge in [0.2, 0.25) is 11.8 Å². The highest BCUT2D eigenvalue weighted by atomic mass is 19.4. The second kappa shape index (κ2) is 8.85. The van der Waals surface area contributed by atoms with Crippen molar-refractivity contribution in [3.05, 3.63) is 60.0 Å². The molecule has 0 saturated heterocycles. The number of anilines is 2. The normalized spacial score (nSPS) is 11.3. The number of hydrogen-bond acceptors (Lipinski definition) is 5. The van der Waals surface area contributed by atoms with E-state index >= 15 is 0 Å². The molecule has 0 aliphatic heterocycles. The monoisotopic (exact) mass is 420 g/mol. The van der Waals surface area contributed by atoms with E-state index in [-0.39, 0.29) is 5.89 Å². The van der Waals surface area contributed by atoms with E-state index in [1.807, 2.05) is 0 Å². The predicted octanol–water partition coefficient (Wildman–Crippen LogP) is 5.04. The summed E-state index contributed by atoms with van der Waals surface area (Å²) in [6.07, 6.45) is -4.46. The quantitative estimate of drug-likeness (QED) is 0.556. The Bertz CT molecular complexity index is 1000. The lowest BCUT2D eigenvalue weighted by Gasteiger charge is -2.11. The number of aryl methyl sites for hydroxylation is 1. The van der Waals surface area contributed by atoms with Crippen LogP contribution in [0, 0.1) is 0 Å². The van der Waals surface area contributed by atoms with Gasteiger partial charge in [-0.3, -0.25) is 0 Å². The molecule has 1 aromatic heterocycles. The number of para-hydroxylation sites is 1. The molecule has 0 aliphatic carbocycles. The molecule has 1 heterocycles. The summed E-state index contributed by atoms with van der Waals surface area (Å²) < 4.78 is 43.9. The molecule has 3 rings (SSSR count). The van der Waals surface area contributed by atoms with Crippen LogP contribution in [0.25, 0.3) is 11.5 Å². The van der Waals surface area contributed by atoms with E-state index in [2.05, 4.69) is 15.5 Å². The van der Waals surface area contributed by atoms with Crippen molar-refractivity contribution in [1.82, 2.24) is 15.1 Å². The zero-order valence-corrected chi connectivity index (χ0v) is 16.0. The summed E-state index contributed by atoms with van der Waals surface area (Å²) in [5, 5.41) is 19.9. The molecule has 30 heavy (non-hydrogen) atoms. The van der Waals surface area contributed by atoms with Crippen LogP contribution in [0.3, 0.4) is 0 Å². The van der Waals surface area contributed by atoms with Crippen LogP contribution in [0.4, 0.5) is 29.3 Å². The number of carboxylic acid groups (broad SMARTS) is 1. The summed E-state index contributed by atoms with van der Waals surface area (Å²) in [5.41, 5.74) is 0.945. The minimum absolute atomic E-state index is 0.256. The van der Waals surface area contributed by atoms with Crippen LogP contribution in [0.15, 0.2) is 52.9 Å². The predicted molar refractivity (Wildman–Crippen MR) is 103 cm³/mol. The fraction of sp³-hybridized carbons (Fsp3) is 0.250. The van der Waals surface area contributed by atoms with Crippen molar-refractivity contribution < 1.29 is 27.5 Å². The van der Waals surface area contributed by atoms with E-state index in [1.165, 1.54) is 24.1 Å². The van der Waals surface area contributed by atoms with Crippen LogP contribution < -0.4 is 5.32 Å². The van der Waals surface area contributed by atoms with Crippen LogP contribution in [0.5, 0.6) is 0 Å². The van der Waals surface area contributed by atoms with Crippen molar-refractivity contribution in [3.8, 4) is 11.5 Å². The maximum atomic E-state index is 12.7. The van der Waals surface area contributed by atoms with Crippen LogP contribution in [0.1, 0.15) is 17.9 Å². The molecule has 10 heteroatoms. The van der Waals surface area contributed by atoms with Gasteiger partial charge in [0.15, 0.2) is 0 Å². The molecule has 2 aromatic carbocycles. The molecule has 0 aliphatic rings. The summed E-state index contributed by atoms with van der Waals surface area (Å²) in [7, 11) is 1.48. The highest BCUT2D eigenvalue weighted by Gasteiger charge is 2.30. The Balaban J connectivity index is 1.71. The van der Waals surface area contributed by atoms with E-state index in [1.54, 1.807) is 24.3 Å². The van der Waals surface area contributed by atoms with Gasteiger partial charge in [-0.2, -0.15) is 13.2 Å². The number of halogens is 3. The van der Waals surface area contributed by atoms with Gasteiger partial charge in [0, 0.05) is 25.7 Å². The molecule has 0 atom stereocenters. The number of hydrogen-bond donors (Lipinski definition) is 2. The van der Waals surface area contributed by atoms with Crippen LogP contribution >= 0.6 is 0 Å². The first-order valence-electron chi connectivity index (χ1n) is 9.04. The summed E-state index contributed by atoms with van der Waals surface area (Å²) in [6, 6.07) is 11.7. The van der Waals surface area contributed by atoms with Gasteiger partial charge < -0.3 is 19.7 Å². The van der Waals surface area contributed by atoms with E-state index in [0.717, 1.165) is 12.1 Å². The lowest BCUT2D eigenvalue weighted by Crippen LogP contribution is -2.25. The Kier molecular flexibility index (Phi) is 6.24. The van der Waals surface area contributed by atoms with Crippen molar-refractivity contribution in [2.75, 3.05) is 18.9 Å². The number of nitrogens with zero attached hydrogens (tertiary/aromatic N) is 3. The summed E-state index contributed by atoms with van der Waals surface area (Å²) in [4.78, 5) is 12.0. The molecule has 1 amide bonds. The van der Waals surface area contributed by atoms with Crippen molar-refractivity contribution in [2.45, 2.75) is 19.0 Å². The summed E-state index contributed by atoms with van der Waals surface area (Å²) in [5.74, 6) is 0.625. The average Bonchev–Trinajstić information content (AvgIpc) is 3.16. The van der Waals surface area contributed by atoms with Gasteiger partial charge in [-0.15, -0.1) is 10.2 Å². The second-order valence-corrected chi connectivity index (χ2v) is 6.55. The molecule has 2 N–H and O–H groups in total. The fourth-order valence-electron chi connectivity index (χ4n) is 2.70. The highest BCUT2D eigenvalue weighted by molar-refractivity contribution is 5.76. The molecular formula is C20H19F3N4O3. The first-order valence-corrected chi connectivity index (χ1v) is 9.04. The molecule has 0 spiro atoms. The van der Waals surface area contributed by atoms with Gasteiger partial charge in [-0.1, -0.05) is 12.1 Å². The molecule has 3 aromatic rings. The minimum atomic E-state index is -4.39. The van der Waals surface area contributed by atoms with Crippen molar-refractivity contribution in [2.24, 2.45) is 0 Å². The number of rotatable bonds is 7. The molecule has 0 saturated carbocycles. The number of aromatic nitrogens is 2. The SMILES string of the molecule is CN(CCCc1nnc(-c2ccccc2Nc2ccc(C(F)(F)F)cc2)o1)C(=O)O. The number of amides is 1. The van der Waals surface area contributed by atoms with Gasteiger partial charge >= 0.3 is 12.3 Å². The number of nitrogens with one attached hydrogen (secondary N) is 1. The maximum absolute atomic E-state index is 12.7. The first kappa shape index (κ1) is 21.2. The van der Waals surface area contributed by atoms with E-state index < -0.39 is 17.8 Å². The molecule has 0 radical (unpaired) electrons. The standard InChI is InChI=1S/C20H19F3N4O3/c1-27(19(28)29)12-4-7-17-25-26-18(30-17)15-5-2-3-6-16(15)24-14-10-8-13(9-11-14)20(21,22)23/h2-3,5-6,8-11,24H,4,7,12H2,1H3,(H,28,29). The summed E-state index contributed by atoms with van der Waals surface area (Å²) >= 11 is 0. The van der Waals surface area contributed by atoms with Gasteiger partial charge in [0.25, 0.3) is 0 Å². The number of benzene rings is 2. The van der Waals surface area contributed by atoms with Crippen LogP contribution in [-0.2, 0) is 12.6 Å². The Labute approximate surface area is 170 Å². The van der Waals surface area contributed by atoms with Gasteiger partial charge in [0.05, 0.1) is 16.8 Å². The largest absolute Gasteiger partial charge is 0.465 e. The van der Waals surface area contributed by atoms with Gasteiger partial charge in [0.1, 0.15) is 0 Å². The van der Waals surface area contributed by atoms with E-state index in [0.29, 0.717) is 42.2 Å². The Morgan fingerprint density at radius 1 is 1.13 bits per heavy atom. The average molecular weight is 420 g/mol. The van der Waals surface area contributed by atoms with Crippen molar-refractivity contribution in [3.63, 3.8) is 0 Å². The smallest absolute Gasteiger partial charge is 0.416 e. The topological polar surface area (TPSA) is 91.5 Å². The van der Waals surface area contributed by atoms with Gasteiger partial charge in [-0.25, -0.2) is 4.79 Å². The molecule has 158 valence electrons. The van der Waals surface area contributed by atoms with Crippen LogP contribution in [-0.4, -0.2) is 39.9 Å². The second-order valence-electron chi connectivity index (χ2n) is 6.55. The Hall–Kier alpha value is -3.56.